The Balaban J connectivity index is 2.62. The van der Waals surface area contributed by atoms with Crippen molar-refractivity contribution >= 4 is 5.91 Å². The number of benzene rings is 1. The molecule has 0 aliphatic carbocycles. The SMILES string of the molecule is CN(N)C(=O)CCc1ccc(F)cc1F. The molecule has 0 atom stereocenters. The highest BCUT2D eigenvalue weighted by molar-refractivity contribution is 5.75. The average Bonchev–Trinajstić information content (AvgIpc) is 2.15. The van der Waals surface area contributed by atoms with Crippen molar-refractivity contribution in [1.29, 1.82) is 0 Å². The highest BCUT2D eigenvalue weighted by Gasteiger charge is 2.08. The Hall–Kier alpha value is -1.49. The first-order valence-electron chi connectivity index (χ1n) is 4.46. The molecular formula is C10H12F2N2O. The molecule has 1 rings (SSSR count). The number of nitrogens with two attached hydrogens (primary N) is 1. The molecular weight excluding hydrogens is 202 g/mol. The van der Waals surface area contributed by atoms with Crippen molar-refractivity contribution < 1.29 is 13.6 Å². The number of aryl methyl sites for hydroxylation is 1. The van der Waals surface area contributed by atoms with Crippen molar-refractivity contribution in [2.24, 2.45) is 5.84 Å². The largest absolute Gasteiger partial charge is 0.284 e. The molecule has 0 fully saturated rings. The van der Waals surface area contributed by atoms with Gasteiger partial charge < -0.3 is 0 Å². The van der Waals surface area contributed by atoms with Crippen LogP contribution in [0.25, 0.3) is 0 Å². The standard InChI is InChI=1S/C10H12F2N2O/c1-14(13)10(15)5-3-7-2-4-8(11)6-9(7)12/h2,4,6H,3,5,13H2,1H3. The number of nitrogens with zero attached hydrogens (tertiary/aromatic N) is 1. The van der Waals surface area contributed by atoms with Gasteiger partial charge in [0.2, 0.25) is 5.91 Å². The minimum Gasteiger partial charge on any atom is -0.284 e. The molecule has 0 spiro atoms. The van der Waals surface area contributed by atoms with Crippen LogP contribution >= 0.6 is 0 Å². The van der Waals surface area contributed by atoms with Crippen LogP contribution in [-0.2, 0) is 11.2 Å². The summed E-state index contributed by atoms with van der Waals surface area (Å²) in [6.07, 6.45) is 0.321. The lowest BCUT2D eigenvalue weighted by Crippen LogP contribution is -2.33. The van der Waals surface area contributed by atoms with E-state index in [4.69, 9.17) is 5.84 Å². The lowest BCUT2D eigenvalue weighted by Gasteiger charge is -2.09. The first kappa shape index (κ1) is 11.6. The van der Waals surface area contributed by atoms with E-state index < -0.39 is 11.6 Å². The zero-order chi connectivity index (χ0) is 11.4. The fourth-order valence-corrected chi connectivity index (χ4v) is 1.14. The fraction of sp³-hybridized carbons (Fsp3) is 0.300. The molecule has 0 radical (unpaired) electrons. The molecule has 82 valence electrons. The van der Waals surface area contributed by atoms with Crippen LogP contribution in [0.5, 0.6) is 0 Å². The molecule has 0 aromatic heterocycles. The van der Waals surface area contributed by atoms with Crippen LogP contribution in [0.2, 0.25) is 0 Å². The number of carbonyl (C=O) groups excluding carboxylic acids is 1. The molecule has 0 unspecified atom stereocenters. The van der Waals surface area contributed by atoms with Gasteiger partial charge in [-0.2, -0.15) is 0 Å². The van der Waals surface area contributed by atoms with Crippen LogP contribution in [0, 0.1) is 11.6 Å². The summed E-state index contributed by atoms with van der Waals surface area (Å²) in [6, 6.07) is 3.29. The summed E-state index contributed by atoms with van der Waals surface area (Å²) >= 11 is 0. The maximum atomic E-state index is 13.1. The van der Waals surface area contributed by atoms with Crippen LogP contribution in [0.1, 0.15) is 12.0 Å². The summed E-state index contributed by atoms with van der Waals surface area (Å²) < 4.78 is 25.6. The minimum absolute atomic E-state index is 0.107. The third-order valence-corrected chi connectivity index (χ3v) is 2.02. The summed E-state index contributed by atoms with van der Waals surface area (Å²) in [5, 5.41) is 0.946. The number of hydrogen-bond acceptors (Lipinski definition) is 2. The Kier molecular flexibility index (Phi) is 3.74. The third kappa shape index (κ3) is 3.28. The van der Waals surface area contributed by atoms with Gasteiger partial charge in [0.05, 0.1) is 0 Å². The summed E-state index contributed by atoms with van der Waals surface area (Å²) in [5.41, 5.74) is 0.312. The van der Waals surface area contributed by atoms with Crippen molar-refractivity contribution in [3.8, 4) is 0 Å². The second-order valence-electron chi connectivity index (χ2n) is 3.24. The second-order valence-corrected chi connectivity index (χ2v) is 3.24. The monoisotopic (exact) mass is 214 g/mol. The van der Waals surface area contributed by atoms with E-state index in [0.29, 0.717) is 5.56 Å². The molecule has 0 aliphatic heterocycles. The highest BCUT2D eigenvalue weighted by Crippen LogP contribution is 2.11. The van der Waals surface area contributed by atoms with Gasteiger partial charge in [0.25, 0.3) is 0 Å². The zero-order valence-corrected chi connectivity index (χ0v) is 8.34. The topological polar surface area (TPSA) is 46.3 Å². The number of carbonyl (C=O) groups is 1. The first-order chi connectivity index (χ1) is 7.00. The summed E-state index contributed by atoms with van der Waals surface area (Å²) in [4.78, 5) is 11.1. The van der Waals surface area contributed by atoms with Gasteiger partial charge in [0, 0.05) is 19.5 Å². The van der Waals surface area contributed by atoms with Crippen LogP contribution in [0.3, 0.4) is 0 Å². The lowest BCUT2D eigenvalue weighted by atomic mass is 10.1. The molecule has 0 aliphatic rings. The predicted molar refractivity (Wildman–Crippen MR) is 51.6 cm³/mol. The molecule has 0 heterocycles. The Morgan fingerprint density at radius 1 is 1.47 bits per heavy atom. The molecule has 1 aromatic carbocycles. The molecule has 3 nitrogen and oxygen atoms in total. The van der Waals surface area contributed by atoms with Crippen molar-refractivity contribution in [3.05, 3.63) is 35.4 Å². The third-order valence-electron chi connectivity index (χ3n) is 2.02. The van der Waals surface area contributed by atoms with Crippen molar-refractivity contribution in [1.82, 2.24) is 5.01 Å². The quantitative estimate of drug-likeness (QED) is 0.467. The molecule has 2 N–H and O–H groups in total. The van der Waals surface area contributed by atoms with Gasteiger partial charge in [-0.15, -0.1) is 0 Å². The number of halogens is 2. The molecule has 0 saturated heterocycles. The van der Waals surface area contributed by atoms with E-state index in [1.165, 1.54) is 13.1 Å². The lowest BCUT2D eigenvalue weighted by molar-refractivity contribution is -0.130. The van der Waals surface area contributed by atoms with E-state index in [1.807, 2.05) is 0 Å². The van der Waals surface area contributed by atoms with Crippen molar-refractivity contribution in [2.75, 3.05) is 7.05 Å². The molecule has 1 aromatic rings. The van der Waals surface area contributed by atoms with Gasteiger partial charge >= 0.3 is 0 Å². The van der Waals surface area contributed by atoms with Crippen LogP contribution in [-0.4, -0.2) is 18.0 Å². The van der Waals surface area contributed by atoms with Gasteiger partial charge in [0.15, 0.2) is 0 Å². The van der Waals surface area contributed by atoms with E-state index in [-0.39, 0.29) is 18.7 Å². The van der Waals surface area contributed by atoms with E-state index in [2.05, 4.69) is 0 Å². The molecule has 0 saturated carbocycles. The van der Waals surface area contributed by atoms with Gasteiger partial charge in [-0.1, -0.05) is 6.07 Å². The normalized spacial score (nSPS) is 10.1. The average molecular weight is 214 g/mol. The van der Waals surface area contributed by atoms with E-state index in [9.17, 15) is 13.6 Å². The number of hydrazine groups is 1. The zero-order valence-electron chi connectivity index (χ0n) is 8.34. The fourth-order valence-electron chi connectivity index (χ4n) is 1.14. The van der Waals surface area contributed by atoms with Gasteiger partial charge in [0.1, 0.15) is 11.6 Å². The van der Waals surface area contributed by atoms with E-state index in [1.54, 1.807) is 0 Å². The summed E-state index contributed by atoms with van der Waals surface area (Å²) in [5.74, 6) is 3.64. The maximum Gasteiger partial charge on any atom is 0.236 e. The summed E-state index contributed by atoms with van der Waals surface area (Å²) in [7, 11) is 1.42. The van der Waals surface area contributed by atoms with Crippen LogP contribution < -0.4 is 5.84 Å². The van der Waals surface area contributed by atoms with Gasteiger partial charge in [-0.05, 0) is 18.1 Å². The molecule has 5 heteroatoms. The van der Waals surface area contributed by atoms with Crippen molar-refractivity contribution in [2.45, 2.75) is 12.8 Å². The molecule has 15 heavy (non-hydrogen) atoms. The number of rotatable bonds is 3. The Morgan fingerprint density at radius 3 is 2.67 bits per heavy atom. The van der Waals surface area contributed by atoms with Gasteiger partial charge in [-0.25, -0.2) is 14.6 Å². The van der Waals surface area contributed by atoms with E-state index in [0.717, 1.165) is 17.1 Å². The first-order valence-corrected chi connectivity index (χ1v) is 4.46. The number of hydrogen-bond donors (Lipinski definition) is 1. The van der Waals surface area contributed by atoms with E-state index >= 15 is 0 Å². The van der Waals surface area contributed by atoms with Crippen LogP contribution in [0.15, 0.2) is 18.2 Å². The highest BCUT2D eigenvalue weighted by atomic mass is 19.1. The summed E-state index contributed by atoms with van der Waals surface area (Å²) in [6.45, 7) is 0. The molecule has 1 amide bonds. The smallest absolute Gasteiger partial charge is 0.236 e. The Labute approximate surface area is 86.5 Å². The van der Waals surface area contributed by atoms with Gasteiger partial charge in [-0.3, -0.25) is 9.80 Å². The second kappa shape index (κ2) is 4.84. The Bertz CT molecular complexity index is 366. The Morgan fingerprint density at radius 2 is 2.13 bits per heavy atom. The molecule has 0 bridgehead atoms. The predicted octanol–water partition coefficient (Wildman–Crippen LogP) is 1.23. The number of amides is 1. The van der Waals surface area contributed by atoms with Crippen LogP contribution in [0.4, 0.5) is 8.78 Å². The van der Waals surface area contributed by atoms with Crippen molar-refractivity contribution in [3.63, 3.8) is 0 Å². The maximum absolute atomic E-state index is 13.1. The minimum atomic E-state index is -0.637.